The third kappa shape index (κ3) is 4.20. The summed E-state index contributed by atoms with van der Waals surface area (Å²) in [6, 6.07) is 7.67. The van der Waals surface area contributed by atoms with Crippen LogP contribution in [-0.4, -0.2) is 43.1 Å². The Labute approximate surface area is 163 Å². The van der Waals surface area contributed by atoms with Gasteiger partial charge in [0, 0.05) is 29.6 Å². The summed E-state index contributed by atoms with van der Waals surface area (Å²) in [6.45, 7) is 3.81. The highest BCUT2D eigenvalue weighted by Gasteiger charge is 2.35. The standard InChI is InChI=1S/C18H23N3O4S2/c1-12-17(13(2)25-20-12)27(23,24)21-9-7-14(8-10-21)18(22)19-15-5-4-6-16(11-15)26-3/h4-6,11,14H,7-10H2,1-3H3,(H,19,22). The first-order valence-corrected chi connectivity index (χ1v) is 11.4. The number of nitrogens with one attached hydrogen (secondary N) is 1. The van der Waals surface area contributed by atoms with Crippen LogP contribution < -0.4 is 5.32 Å². The number of anilines is 1. The molecule has 146 valence electrons. The second-order valence-electron chi connectivity index (χ2n) is 6.55. The Morgan fingerprint density at radius 1 is 1.30 bits per heavy atom. The summed E-state index contributed by atoms with van der Waals surface area (Å²) in [4.78, 5) is 13.8. The van der Waals surface area contributed by atoms with E-state index in [4.69, 9.17) is 4.52 Å². The van der Waals surface area contributed by atoms with Crippen molar-refractivity contribution in [3.63, 3.8) is 0 Å². The van der Waals surface area contributed by atoms with Crippen LogP contribution in [0.1, 0.15) is 24.3 Å². The fraction of sp³-hybridized carbons (Fsp3) is 0.444. The molecule has 27 heavy (non-hydrogen) atoms. The number of aromatic nitrogens is 1. The van der Waals surface area contributed by atoms with Crippen LogP contribution in [0.5, 0.6) is 0 Å². The molecule has 1 aliphatic rings. The van der Waals surface area contributed by atoms with Gasteiger partial charge in [0.05, 0.1) is 0 Å². The third-order valence-electron chi connectivity index (χ3n) is 4.73. The molecule has 0 bridgehead atoms. The molecule has 0 spiro atoms. The number of thioether (sulfide) groups is 1. The number of rotatable bonds is 5. The van der Waals surface area contributed by atoms with Gasteiger partial charge in [-0.05, 0) is 51.1 Å². The van der Waals surface area contributed by atoms with E-state index in [-0.39, 0.29) is 16.7 Å². The Bertz CT molecular complexity index is 912. The van der Waals surface area contributed by atoms with Gasteiger partial charge in [0.1, 0.15) is 10.6 Å². The molecule has 3 rings (SSSR count). The Morgan fingerprint density at radius 2 is 2.00 bits per heavy atom. The number of carbonyl (C=O) groups is 1. The van der Waals surface area contributed by atoms with E-state index in [0.29, 0.717) is 37.4 Å². The van der Waals surface area contributed by atoms with Gasteiger partial charge in [-0.15, -0.1) is 11.8 Å². The molecule has 1 aromatic heterocycles. The molecule has 9 heteroatoms. The van der Waals surface area contributed by atoms with E-state index < -0.39 is 10.0 Å². The molecule has 1 N–H and O–H groups in total. The lowest BCUT2D eigenvalue weighted by molar-refractivity contribution is -0.120. The average Bonchev–Trinajstić information content (AvgIpc) is 3.01. The maximum Gasteiger partial charge on any atom is 0.248 e. The van der Waals surface area contributed by atoms with Crippen LogP contribution in [0.25, 0.3) is 0 Å². The molecule has 2 aromatic rings. The van der Waals surface area contributed by atoms with E-state index in [2.05, 4.69) is 10.5 Å². The van der Waals surface area contributed by atoms with Crippen molar-refractivity contribution in [2.24, 2.45) is 5.92 Å². The van der Waals surface area contributed by atoms with E-state index in [9.17, 15) is 13.2 Å². The molecule has 0 saturated carbocycles. The van der Waals surface area contributed by atoms with Gasteiger partial charge in [-0.1, -0.05) is 11.2 Å². The predicted octanol–water partition coefficient (Wildman–Crippen LogP) is 3.05. The minimum atomic E-state index is -3.65. The quantitative estimate of drug-likeness (QED) is 0.763. The molecule has 7 nitrogen and oxygen atoms in total. The molecular weight excluding hydrogens is 386 g/mol. The van der Waals surface area contributed by atoms with Gasteiger partial charge in [0.2, 0.25) is 15.9 Å². The lowest BCUT2D eigenvalue weighted by atomic mass is 9.97. The molecule has 0 radical (unpaired) electrons. The smallest absolute Gasteiger partial charge is 0.248 e. The van der Waals surface area contributed by atoms with Crippen LogP contribution >= 0.6 is 11.8 Å². The van der Waals surface area contributed by atoms with Gasteiger partial charge < -0.3 is 9.84 Å². The molecule has 1 aromatic carbocycles. The maximum absolute atomic E-state index is 12.9. The molecule has 1 saturated heterocycles. The van der Waals surface area contributed by atoms with E-state index in [0.717, 1.165) is 10.6 Å². The number of nitrogens with zero attached hydrogens (tertiary/aromatic N) is 2. The SMILES string of the molecule is CSc1cccc(NC(=O)C2CCN(S(=O)(=O)c3c(C)noc3C)CC2)c1. The summed E-state index contributed by atoms with van der Waals surface area (Å²) in [5, 5.41) is 6.68. The first-order chi connectivity index (χ1) is 12.8. The van der Waals surface area contributed by atoms with Gasteiger partial charge in [0.25, 0.3) is 0 Å². The minimum absolute atomic E-state index is 0.0670. The summed E-state index contributed by atoms with van der Waals surface area (Å²) >= 11 is 1.61. The second kappa shape index (κ2) is 8.04. The average molecular weight is 410 g/mol. The van der Waals surface area contributed by atoms with Gasteiger partial charge >= 0.3 is 0 Å². The number of piperidine rings is 1. The highest BCUT2D eigenvalue weighted by Crippen LogP contribution is 2.28. The van der Waals surface area contributed by atoms with E-state index in [1.807, 2.05) is 30.5 Å². The van der Waals surface area contributed by atoms with Crippen LogP contribution in [0, 0.1) is 19.8 Å². The molecule has 0 atom stereocenters. The van der Waals surface area contributed by atoms with Gasteiger partial charge in [0.15, 0.2) is 5.76 Å². The zero-order chi connectivity index (χ0) is 19.6. The number of benzene rings is 1. The molecule has 1 amide bonds. The van der Waals surface area contributed by atoms with Crippen LogP contribution in [0.3, 0.4) is 0 Å². The summed E-state index contributed by atoms with van der Waals surface area (Å²) in [5.74, 6) is 0.0164. The number of hydrogen-bond acceptors (Lipinski definition) is 6. The minimum Gasteiger partial charge on any atom is -0.360 e. The highest BCUT2D eigenvalue weighted by molar-refractivity contribution is 7.98. The monoisotopic (exact) mass is 409 g/mol. The van der Waals surface area contributed by atoms with Crippen molar-refractivity contribution >= 4 is 33.4 Å². The van der Waals surface area contributed by atoms with Crippen molar-refractivity contribution in [3.8, 4) is 0 Å². The predicted molar refractivity (Wildman–Crippen MR) is 104 cm³/mol. The van der Waals surface area contributed by atoms with Crippen LogP contribution in [0.4, 0.5) is 5.69 Å². The number of sulfonamides is 1. The van der Waals surface area contributed by atoms with Crippen molar-refractivity contribution in [2.75, 3.05) is 24.7 Å². The summed E-state index contributed by atoms with van der Waals surface area (Å²) in [7, 11) is -3.65. The number of hydrogen-bond donors (Lipinski definition) is 1. The molecular formula is C18H23N3O4S2. The molecule has 1 aliphatic heterocycles. The number of carbonyl (C=O) groups excluding carboxylic acids is 1. The molecule has 2 heterocycles. The zero-order valence-electron chi connectivity index (χ0n) is 15.6. The Hall–Kier alpha value is -1.84. The van der Waals surface area contributed by atoms with Crippen molar-refractivity contribution in [3.05, 3.63) is 35.7 Å². The van der Waals surface area contributed by atoms with Crippen molar-refractivity contribution < 1.29 is 17.7 Å². The lowest BCUT2D eigenvalue weighted by Crippen LogP contribution is -2.41. The largest absolute Gasteiger partial charge is 0.360 e. The van der Waals surface area contributed by atoms with Gasteiger partial charge in [-0.25, -0.2) is 8.42 Å². The third-order valence-corrected chi connectivity index (χ3v) is 7.60. The normalized spacial score (nSPS) is 16.4. The first kappa shape index (κ1) is 19.9. The molecule has 0 aliphatic carbocycles. The maximum atomic E-state index is 12.9. The fourth-order valence-electron chi connectivity index (χ4n) is 3.28. The van der Waals surface area contributed by atoms with Crippen LogP contribution in [0.2, 0.25) is 0 Å². The van der Waals surface area contributed by atoms with Crippen molar-refractivity contribution in [2.45, 2.75) is 36.5 Å². The number of aryl methyl sites for hydroxylation is 2. The highest BCUT2D eigenvalue weighted by atomic mass is 32.2. The topological polar surface area (TPSA) is 92.5 Å². The van der Waals surface area contributed by atoms with Gasteiger partial charge in [-0.2, -0.15) is 4.31 Å². The van der Waals surface area contributed by atoms with Crippen LogP contribution in [-0.2, 0) is 14.8 Å². The fourth-order valence-corrected chi connectivity index (χ4v) is 5.50. The Kier molecular flexibility index (Phi) is 5.92. The Balaban J connectivity index is 1.64. The van der Waals surface area contributed by atoms with Crippen LogP contribution in [0.15, 0.2) is 38.6 Å². The van der Waals surface area contributed by atoms with Crippen molar-refractivity contribution in [1.82, 2.24) is 9.46 Å². The zero-order valence-corrected chi connectivity index (χ0v) is 17.2. The second-order valence-corrected chi connectivity index (χ2v) is 9.31. The first-order valence-electron chi connectivity index (χ1n) is 8.71. The number of amides is 1. The lowest BCUT2D eigenvalue weighted by Gasteiger charge is -2.30. The summed E-state index contributed by atoms with van der Waals surface area (Å²) < 4.78 is 32.1. The Morgan fingerprint density at radius 3 is 2.59 bits per heavy atom. The van der Waals surface area contributed by atoms with E-state index in [1.54, 1.807) is 25.6 Å². The summed E-state index contributed by atoms with van der Waals surface area (Å²) in [5.41, 5.74) is 1.12. The van der Waals surface area contributed by atoms with E-state index >= 15 is 0 Å². The van der Waals surface area contributed by atoms with E-state index in [1.165, 1.54) is 4.31 Å². The molecule has 1 fully saturated rings. The van der Waals surface area contributed by atoms with Crippen molar-refractivity contribution in [1.29, 1.82) is 0 Å². The molecule has 0 unspecified atom stereocenters. The van der Waals surface area contributed by atoms with Gasteiger partial charge in [-0.3, -0.25) is 4.79 Å². The summed E-state index contributed by atoms with van der Waals surface area (Å²) in [6.07, 6.45) is 2.95.